The first kappa shape index (κ1) is 8.49. The topological polar surface area (TPSA) is 55.6 Å². The molecule has 0 saturated carbocycles. The first-order chi connectivity index (χ1) is 5.22. The second-order valence-corrected chi connectivity index (χ2v) is 2.86. The number of rotatable bonds is 2. The van der Waals surface area contributed by atoms with Crippen LogP contribution in [0, 0.1) is 5.92 Å². The van der Waals surface area contributed by atoms with E-state index in [0.29, 0.717) is 12.5 Å². The Hall–Kier alpha value is -0.610. The summed E-state index contributed by atoms with van der Waals surface area (Å²) >= 11 is 0. The Balaban J connectivity index is 2.24. The molecule has 0 spiro atoms. The molecule has 0 aliphatic carbocycles. The zero-order valence-corrected chi connectivity index (χ0v) is 6.75. The van der Waals surface area contributed by atoms with Gasteiger partial charge < -0.3 is 10.6 Å². The van der Waals surface area contributed by atoms with Crippen molar-refractivity contribution in [1.29, 1.82) is 0 Å². The van der Waals surface area contributed by atoms with Crippen LogP contribution < -0.4 is 5.73 Å². The second kappa shape index (κ2) is 3.69. The Morgan fingerprint density at radius 3 is 3.00 bits per heavy atom. The molecule has 0 aromatic rings. The molecule has 1 saturated heterocycles. The van der Waals surface area contributed by atoms with Gasteiger partial charge in [0.25, 0.3) is 0 Å². The molecule has 1 heterocycles. The van der Waals surface area contributed by atoms with Crippen LogP contribution in [0.1, 0.15) is 13.3 Å². The summed E-state index contributed by atoms with van der Waals surface area (Å²) in [6, 6.07) is 0. The molecule has 1 aliphatic rings. The second-order valence-electron chi connectivity index (χ2n) is 2.86. The first-order valence-electron chi connectivity index (χ1n) is 3.86. The van der Waals surface area contributed by atoms with Crippen molar-refractivity contribution >= 4 is 5.97 Å². The molecule has 1 fully saturated rings. The molecule has 4 heteroatoms. The van der Waals surface area contributed by atoms with E-state index in [1.165, 1.54) is 6.92 Å². The third kappa shape index (κ3) is 2.48. The number of hydrogen-bond acceptors (Lipinski definition) is 4. The van der Waals surface area contributed by atoms with Crippen molar-refractivity contribution in [3.63, 3.8) is 0 Å². The summed E-state index contributed by atoms with van der Waals surface area (Å²) < 4.78 is 0. The molecule has 4 nitrogen and oxygen atoms in total. The quantitative estimate of drug-likeness (QED) is 0.602. The van der Waals surface area contributed by atoms with Crippen molar-refractivity contribution in [3.05, 3.63) is 0 Å². The Kier molecular flexibility index (Phi) is 2.84. The van der Waals surface area contributed by atoms with E-state index < -0.39 is 0 Å². The molecule has 0 aromatic carbocycles. The Morgan fingerprint density at radius 2 is 2.55 bits per heavy atom. The van der Waals surface area contributed by atoms with Crippen LogP contribution in [0.25, 0.3) is 0 Å². The maximum Gasteiger partial charge on any atom is 0.322 e. The summed E-state index contributed by atoms with van der Waals surface area (Å²) in [5.41, 5.74) is 5.46. The van der Waals surface area contributed by atoms with Crippen LogP contribution in [-0.4, -0.2) is 30.7 Å². The van der Waals surface area contributed by atoms with E-state index >= 15 is 0 Å². The number of carbonyl (C=O) groups excluding carboxylic acids is 1. The number of hydroxylamine groups is 2. The summed E-state index contributed by atoms with van der Waals surface area (Å²) in [5.74, 6) is 0.247. The van der Waals surface area contributed by atoms with Gasteiger partial charge in [0.05, 0.1) is 0 Å². The highest BCUT2D eigenvalue weighted by Crippen LogP contribution is 2.14. The van der Waals surface area contributed by atoms with Crippen LogP contribution in [-0.2, 0) is 9.63 Å². The molecule has 64 valence electrons. The fraction of sp³-hybridized carbons (Fsp3) is 0.857. The number of nitrogens with two attached hydrogens (primary N) is 1. The van der Waals surface area contributed by atoms with E-state index in [1.807, 2.05) is 0 Å². The standard InChI is InChI=1S/C7H14N2O2/c1-6(10)11-9-3-2-7(4-8)5-9/h7H,2-5,8H2,1H3/t7-/m0/s1. The molecule has 1 rings (SSSR count). The SMILES string of the molecule is CC(=O)ON1CC[C@@H](CN)C1. The van der Waals surface area contributed by atoms with Crippen molar-refractivity contribution in [2.45, 2.75) is 13.3 Å². The highest BCUT2D eigenvalue weighted by molar-refractivity contribution is 5.65. The molecule has 11 heavy (non-hydrogen) atoms. The van der Waals surface area contributed by atoms with E-state index in [1.54, 1.807) is 5.06 Å². The molecule has 0 bridgehead atoms. The van der Waals surface area contributed by atoms with E-state index in [9.17, 15) is 4.79 Å². The fourth-order valence-corrected chi connectivity index (χ4v) is 1.25. The number of nitrogens with zero attached hydrogens (tertiary/aromatic N) is 1. The van der Waals surface area contributed by atoms with E-state index in [-0.39, 0.29) is 5.97 Å². The average Bonchev–Trinajstić information content (AvgIpc) is 2.34. The van der Waals surface area contributed by atoms with Gasteiger partial charge in [0.2, 0.25) is 0 Å². The van der Waals surface area contributed by atoms with Crippen LogP contribution in [0.15, 0.2) is 0 Å². The molecule has 1 aliphatic heterocycles. The van der Waals surface area contributed by atoms with Gasteiger partial charge in [-0.1, -0.05) is 0 Å². The lowest BCUT2D eigenvalue weighted by atomic mass is 10.1. The monoisotopic (exact) mass is 158 g/mol. The van der Waals surface area contributed by atoms with E-state index in [2.05, 4.69) is 0 Å². The summed E-state index contributed by atoms with van der Waals surface area (Å²) in [4.78, 5) is 15.4. The molecule has 0 amide bonds. The third-order valence-corrected chi connectivity index (χ3v) is 1.84. The van der Waals surface area contributed by atoms with Gasteiger partial charge in [-0.3, -0.25) is 4.79 Å². The Bertz CT molecular complexity index is 149. The first-order valence-corrected chi connectivity index (χ1v) is 3.86. The molecule has 2 N–H and O–H groups in total. The molecular formula is C7H14N2O2. The van der Waals surface area contributed by atoms with Gasteiger partial charge in [0.1, 0.15) is 0 Å². The van der Waals surface area contributed by atoms with Gasteiger partial charge in [0.15, 0.2) is 0 Å². The summed E-state index contributed by atoms with van der Waals surface area (Å²) in [5, 5.41) is 1.68. The smallest absolute Gasteiger partial charge is 0.322 e. The molecular weight excluding hydrogens is 144 g/mol. The summed E-state index contributed by atoms with van der Waals surface area (Å²) in [6.45, 7) is 3.70. The predicted octanol–water partition coefficient (Wildman–Crippen LogP) is -0.255. The minimum atomic E-state index is -0.248. The zero-order valence-electron chi connectivity index (χ0n) is 6.75. The summed E-state index contributed by atoms with van der Waals surface area (Å²) in [7, 11) is 0. The number of carbonyl (C=O) groups is 1. The van der Waals surface area contributed by atoms with Crippen LogP contribution in [0.2, 0.25) is 0 Å². The van der Waals surface area contributed by atoms with Gasteiger partial charge in [-0.2, -0.15) is 0 Å². The fourth-order valence-electron chi connectivity index (χ4n) is 1.25. The molecule has 0 unspecified atom stereocenters. The predicted molar refractivity (Wildman–Crippen MR) is 40.5 cm³/mol. The van der Waals surface area contributed by atoms with Crippen molar-refractivity contribution in [2.75, 3.05) is 19.6 Å². The van der Waals surface area contributed by atoms with Crippen LogP contribution in [0.4, 0.5) is 0 Å². The molecule has 0 radical (unpaired) electrons. The van der Waals surface area contributed by atoms with Gasteiger partial charge in [-0.05, 0) is 18.9 Å². The minimum Gasteiger partial charge on any atom is -0.368 e. The largest absolute Gasteiger partial charge is 0.368 e. The Labute approximate surface area is 66.3 Å². The van der Waals surface area contributed by atoms with E-state index in [0.717, 1.165) is 19.5 Å². The lowest BCUT2D eigenvalue weighted by Gasteiger charge is -2.12. The number of hydrogen-bond donors (Lipinski definition) is 1. The van der Waals surface area contributed by atoms with Gasteiger partial charge in [0, 0.05) is 20.0 Å². The lowest BCUT2D eigenvalue weighted by Crippen LogP contribution is -2.25. The van der Waals surface area contributed by atoms with Crippen molar-refractivity contribution in [2.24, 2.45) is 11.7 Å². The highest BCUT2D eigenvalue weighted by Gasteiger charge is 2.22. The maximum absolute atomic E-state index is 10.5. The normalized spacial score (nSPS) is 25.5. The highest BCUT2D eigenvalue weighted by atomic mass is 16.7. The third-order valence-electron chi connectivity index (χ3n) is 1.84. The van der Waals surface area contributed by atoms with Gasteiger partial charge >= 0.3 is 5.97 Å². The zero-order chi connectivity index (χ0) is 8.27. The van der Waals surface area contributed by atoms with Crippen molar-refractivity contribution < 1.29 is 9.63 Å². The van der Waals surface area contributed by atoms with Gasteiger partial charge in [-0.25, -0.2) is 0 Å². The maximum atomic E-state index is 10.5. The average molecular weight is 158 g/mol. The van der Waals surface area contributed by atoms with Crippen molar-refractivity contribution in [1.82, 2.24) is 5.06 Å². The van der Waals surface area contributed by atoms with Crippen LogP contribution in [0.3, 0.4) is 0 Å². The van der Waals surface area contributed by atoms with Gasteiger partial charge in [-0.15, -0.1) is 5.06 Å². The lowest BCUT2D eigenvalue weighted by molar-refractivity contribution is -0.182. The van der Waals surface area contributed by atoms with Crippen molar-refractivity contribution in [3.8, 4) is 0 Å². The van der Waals surface area contributed by atoms with Crippen LogP contribution in [0.5, 0.6) is 0 Å². The minimum absolute atomic E-state index is 0.248. The van der Waals surface area contributed by atoms with Crippen LogP contribution >= 0.6 is 0 Å². The molecule has 1 atom stereocenters. The van der Waals surface area contributed by atoms with E-state index in [4.69, 9.17) is 10.6 Å². The summed E-state index contributed by atoms with van der Waals surface area (Å²) in [6.07, 6.45) is 1.03. The Morgan fingerprint density at radius 1 is 1.82 bits per heavy atom. The molecule has 0 aromatic heterocycles.